The first-order chi connectivity index (χ1) is 17.9. The largest absolute Gasteiger partial charge is 0.353 e. The average Bonchev–Trinajstić information content (AvgIpc) is 3.18. The van der Waals surface area contributed by atoms with Gasteiger partial charge >= 0.3 is 0 Å². The third-order valence-electron chi connectivity index (χ3n) is 6.75. The second-order valence-corrected chi connectivity index (χ2v) is 9.58. The standard InChI is InChI=1S/C28H31ClFN5O2/c1-3-20(2)35(28(37)21-9-11-22(30)12-10-21)19-27(36)34-16-6-15-33(17-18-34)26-14-13-25(31-32-26)23-7-4-5-8-24(23)29/h4-5,7-14,20H,3,6,15-19H2,1-2H3/t20-/m1/s1. The summed E-state index contributed by atoms with van der Waals surface area (Å²) in [5.41, 5.74) is 1.91. The second-order valence-electron chi connectivity index (χ2n) is 9.18. The average molecular weight is 524 g/mol. The molecule has 9 heteroatoms. The highest BCUT2D eigenvalue weighted by Crippen LogP contribution is 2.26. The van der Waals surface area contributed by atoms with E-state index in [9.17, 15) is 14.0 Å². The van der Waals surface area contributed by atoms with Gasteiger partial charge in [0, 0.05) is 43.3 Å². The number of aromatic nitrogens is 2. The van der Waals surface area contributed by atoms with Crippen LogP contribution in [0.5, 0.6) is 0 Å². The molecule has 0 radical (unpaired) electrons. The minimum absolute atomic E-state index is 0.0163. The number of nitrogens with zero attached hydrogens (tertiary/aromatic N) is 5. The van der Waals surface area contributed by atoms with Crippen molar-refractivity contribution in [2.24, 2.45) is 0 Å². The summed E-state index contributed by atoms with van der Waals surface area (Å²) in [5.74, 6) is -0.0244. The van der Waals surface area contributed by atoms with Gasteiger partial charge in [-0.1, -0.05) is 36.7 Å². The maximum absolute atomic E-state index is 13.3. The van der Waals surface area contributed by atoms with E-state index in [1.165, 1.54) is 24.3 Å². The molecule has 4 rings (SSSR count). The van der Waals surface area contributed by atoms with E-state index < -0.39 is 5.82 Å². The zero-order valence-electron chi connectivity index (χ0n) is 21.1. The smallest absolute Gasteiger partial charge is 0.254 e. The van der Waals surface area contributed by atoms with E-state index in [1.807, 2.05) is 50.2 Å². The summed E-state index contributed by atoms with van der Waals surface area (Å²) in [6, 6.07) is 16.7. The topological polar surface area (TPSA) is 69.6 Å². The van der Waals surface area contributed by atoms with Crippen LogP contribution in [0.4, 0.5) is 10.2 Å². The number of benzene rings is 2. The van der Waals surface area contributed by atoms with Gasteiger partial charge in [-0.2, -0.15) is 0 Å². The van der Waals surface area contributed by atoms with Gasteiger partial charge in [0.15, 0.2) is 5.82 Å². The third kappa shape index (κ3) is 6.43. The van der Waals surface area contributed by atoms with Crippen molar-refractivity contribution in [3.8, 4) is 11.3 Å². The summed E-state index contributed by atoms with van der Waals surface area (Å²) in [5, 5.41) is 9.40. The predicted molar refractivity (Wildman–Crippen MR) is 143 cm³/mol. The van der Waals surface area contributed by atoms with Crippen molar-refractivity contribution in [3.63, 3.8) is 0 Å². The number of carbonyl (C=O) groups is 2. The van der Waals surface area contributed by atoms with Crippen molar-refractivity contribution < 1.29 is 14.0 Å². The Morgan fingerprint density at radius 3 is 2.43 bits per heavy atom. The third-order valence-corrected chi connectivity index (χ3v) is 7.08. The monoisotopic (exact) mass is 523 g/mol. The summed E-state index contributed by atoms with van der Waals surface area (Å²) in [7, 11) is 0. The number of amides is 2. The lowest BCUT2D eigenvalue weighted by atomic mass is 10.1. The van der Waals surface area contributed by atoms with E-state index in [1.54, 1.807) is 9.80 Å². The Hall–Kier alpha value is -3.52. The summed E-state index contributed by atoms with van der Waals surface area (Å²) in [6.07, 6.45) is 1.48. The van der Waals surface area contributed by atoms with Gasteiger partial charge in [0.1, 0.15) is 12.4 Å². The lowest BCUT2D eigenvalue weighted by Crippen LogP contribution is -2.47. The maximum Gasteiger partial charge on any atom is 0.254 e. The van der Waals surface area contributed by atoms with Crippen LogP contribution < -0.4 is 4.90 Å². The molecule has 1 atom stereocenters. The molecule has 1 aliphatic rings. The molecule has 1 saturated heterocycles. The Balaban J connectivity index is 1.40. The van der Waals surface area contributed by atoms with Crippen LogP contribution in [0.15, 0.2) is 60.7 Å². The molecule has 37 heavy (non-hydrogen) atoms. The Labute approximate surface area is 221 Å². The molecule has 0 bridgehead atoms. The zero-order chi connectivity index (χ0) is 26.4. The van der Waals surface area contributed by atoms with Gasteiger partial charge in [-0.05, 0) is 62.2 Å². The molecule has 2 aromatic carbocycles. The molecule has 0 N–H and O–H groups in total. The Bertz CT molecular complexity index is 1220. The number of hydrogen-bond acceptors (Lipinski definition) is 5. The molecule has 2 heterocycles. The van der Waals surface area contributed by atoms with Gasteiger partial charge < -0.3 is 14.7 Å². The summed E-state index contributed by atoms with van der Waals surface area (Å²) >= 11 is 6.28. The van der Waals surface area contributed by atoms with E-state index in [2.05, 4.69) is 15.1 Å². The van der Waals surface area contributed by atoms with Gasteiger partial charge in [-0.3, -0.25) is 9.59 Å². The molecule has 0 aliphatic carbocycles. The van der Waals surface area contributed by atoms with E-state index in [0.717, 1.165) is 24.3 Å². The van der Waals surface area contributed by atoms with Crippen LogP contribution in [0.3, 0.4) is 0 Å². The van der Waals surface area contributed by atoms with Crippen LogP contribution in [0.2, 0.25) is 5.02 Å². The number of rotatable bonds is 7. The van der Waals surface area contributed by atoms with Gasteiger partial charge in [0.25, 0.3) is 5.91 Å². The first-order valence-corrected chi connectivity index (χ1v) is 12.9. The van der Waals surface area contributed by atoms with Gasteiger partial charge in [0.2, 0.25) is 5.91 Å². The molecule has 0 unspecified atom stereocenters. The van der Waals surface area contributed by atoms with E-state index in [-0.39, 0.29) is 24.4 Å². The van der Waals surface area contributed by atoms with E-state index >= 15 is 0 Å². The first-order valence-electron chi connectivity index (χ1n) is 12.5. The molecule has 3 aromatic rings. The van der Waals surface area contributed by atoms with Crippen molar-refractivity contribution in [2.75, 3.05) is 37.6 Å². The predicted octanol–water partition coefficient (Wildman–Crippen LogP) is 4.92. The van der Waals surface area contributed by atoms with Gasteiger partial charge in [0.05, 0.1) is 10.7 Å². The lowest BCUT2D eigenvalue weighted by molar-refractivity contribution is -0.132. The highest BCUT2D eigenvalue weighted by Gasteiger charge is 2.27. The number of hydrogen-bond donors (Lipinski definition) is 0. The van der Waals surface area contributed by atoms with Crippen LogP contribution in [0, 0.1) is 5.82 Å². The van der Waals surface area contributed by atoms with E-state index in [0.29, 0.717) is 42.3 Å². The SMILES string of the molecule is CC[C@@H](C)N(CC(=O)N1CCCN(c2ccc(-c3ccccc3Cl)nn2)CC1)C(=O)c1ccc(F)cc1. The van der Waals surface area contributed by atoms with Crippen molar-refractivity contribution in [2.45, 2.75) is 32.7 Å². The molecule has 1 fully saturated rings. The molecule has 2 amide bonds. The van der Waals surface area contributed by atoms with Crippen molar-refractivity contribution in [1.82, 2.24) is 20.0 Å². The summed E-state index contributed by atoms with van der Waals surface area (Å²) in [4.78, 5) is 31.9. The molecular weight excluding hydrogens is 493 g/mol. The number of halogens is 2. The van der Waals surface area contributed by atoms with Crippen LogP contribution in [-0.2, 0) is 4.79 Å². The van der Waals surface area contributed by atoms with Crippen LogP contribution in [0.25, 0.3) is 11.3 Å². The second kappa shape index (κ2) is 12.1. The van der Waals surface area contributed by atoms with Crippen LogP contribution in [-0.4, -0.2) is 70.6 Å². The summed E-state index contributed by atoms with van der Waals surface area (Å²) < 4.78 is 13.3. The first kappa shape index (κ1) is 26.5. The molecule has 7 nitrogen and oxygen atoms in total. The summed E-state index contributed by atoms with van der Waals surface area (Å²) in [6.45, 7) is 6.35. The van der Waals surface area contributed by atoms with E-state index in [4.69, 9.17) is 11.6 Å². The minimum Gasteiger partial charge on any atom is -0.353 e. The molecule has 1 aromatic heterocycles. The number of carbonyl (C=O) groups excluding carboxylic acids is 2. The molecule has 0 spiro atoms. The fourth-order valence-electron chi connectivity index (χ4n) is 4.35. The molecule has 194 valence electrons. The van der Waals surface area contributed by atoms with Crippen molar-refractivity contribution in [1.29, 1.82) is 0 Å². The highest BCUT2D eigenvalue weighted by atomic mass is 35.5. The Morgan fingerprint density at radius 2 is 1.76 bits per heavy atom. The lowest BCUT2D eigenvalue weighted by Gasteiger charge is -2.31. The molecule has 1 aliphatic heterocycles. The van der Waals surface area contributed by atoms with Crippen molar-refractivity contribution >= 4 is 29.2 Å². The Kier molecular flexibility index (Phi) is 8.71. The zero-order valence-corrected chi connectivity index (χ0v) is 21.9. The van der Waals surface area contributed by atoms with Gasteiger partial charge in [-0.25, -0.2) is 4.39 Å². The Morgan fingerprint density at radius 1 is 1.00 bits per heavy atom. The van der Waals surface area contributed by atoms with Crippen molar-refractivity contribution in [3.05, 3.63) is 77.1 Å². The fraction of sp³-hybridized carbons (Fsp3) is 0.357. The fourth-order valence-corrected chi connectivity index (χ4v) is 4.59. The van der Waals surface area contributed by atoms with Gasteiger partial charge in [-0.15, -0.1) is 10.2 Å². The quantitative estimate of drug-likeness (QED) is 0.440. The number of anilines is 1. The minimum atomic E-state index is -0.403. The van der Waals surface area contributed by atoms with Crippen LogP contribution in [0.1, 0.15) is 37.0 Å². The van der Waals surface area contributed by atoms with Crippen LogP contribution >= 0.6 is 11.6 Å². The maximum atomic E-state index is 13.3. The molecule has 0 saturated carbocycles. The molecular formula is C28H31ClFN5O2. The normalized spacial score (nSPS) is 14.7. The highest BCUT2D eigenvalue weighted by molar-refractivity contribution is 6.33.